The predicted octanol–water partition coefficient (Wildman–Crippen LogP) is 11.1. The number of likely N-dealkylation sites (tertiary alicyclic amines) is 1. The predicted molar refractivity (Wildman–Crippen MR) is 238 cm³/mol. The standard InChI is InChI=1S/C49H53ClFN5O4/c1-33-26-35(19-22-45(33)60-31-37-16-13-17-39(34(37)2)36-14-7-6-8-15-36)30-56-24-11-9-18-44(56)49(57)52-23-10-4-5-12-25-59-47-28-40-43(29-46(47)58-3)53-32-54-48(40)55-38-20-21-42(51)41(50)27-38/h6-8,13-17,19-22,26-29,32,44H,4-5,9-12,18,23-25,30-31H2,1-3H3,(H,52,57)(H,53,54,55). The zero-order valence-electron chi connectivity index (χ0n) is 34.6. The minimum Gasteiger partial charge on any atom is -0.493 e. The van der Waals surface area contributed by atoms with Crippen LogP contribution in [0.5, 0.6) is 17.2 Å². The molecular formula is C49H53ClFN5O4. The molecule has 6 aromatic rings. The molecule has 9 nitrogen and oxygen atoms in total. The molecule has 0 saturated carbocycles. The van der Waals surface area contributed by atoms with E-state index in [-0.39, 0.29) is 17.0 Å². The molecule has 312 valence electrons. The number of ether oxygens (including phenoxy) is 3. The molecule has 5 aromatic carbocycles. The number of fused-ring (bicyclic) bond motifs is 1. The van der Waals surface area contributed by atoms with Crippen LogP contribution in [-0.2, 0) is 17.9 Å². The lowest BCUT2D eigenvalue weighted by Crippen LogP contribution is -2.49. The van der Waals surface area contributed by atoms with Crippen LogP contribution < -0.4 is 24.8 Å². The molecular weight excluding hydrogens is 777 g/mol. The first-order chi connectivity index (χ1) is 29.3. The highest BCUT2D eigenvalue weighted by Crippen LogP contribution is 2.35. The zero-order valence-corrected chi connectivity index (χ0v) is 35.4. The highest BCUT2D eigenvalue weighted by molar-refractivity contribution is 6.31. The van der Waals surface area contributed by atoms with E-state index in [4.69, 9.17) is 25.8 Å². The number of carbonyl (C=O) groups excluding carboxylic acids is 1. The summed E-state index contributed by atoms with van der Waals surface area (Å²) in [6.07, 6.45) is 8.15. The van der Waals surface area contributed by atoms with Gasteiger partial charge in [0.05, 0.1) is 30.3 Å². The summed E-state index contributed by atoms with van der Waals surface area (Å²) in [7, 11) is 1.60. The van der Waals surface area contributed by atoms with Gasteiger partial charge in [0.25, 0.3) is 0 Å². The number of aryl methyl sites for hydroxylation is 1. The van der Waals surface area contributed by atoms with Crippen molar-refractivity contribution in [3.8, 4) is 28.4 Å². The molecule has 1 atom stereocenters. The third-order valence-electron chi connectivity index (χ3n) is 11.2. The Balaban J connectivity index is 0.845. The summed E-state index contributed by atoms with van der Waals surface area (Å²) in [6.45, 7) is 7.55. The largest absolute Gasteiger partial charge is 0.493 e. The van der Waals surface area contributed by atoms with Crippen molar-refractivity contribution in [1.29, 1.82) is 0 Å². The molecule has 2 N–H and O–H groups in total. The van der Waals surface area contributed by atoms with Crippen LogP contribution in [0.15, 0.2) is 103 Å². The average molecular weight is 830 g/mol. The fourth-order valence-electron chi connectivity index (χ4n) is 7.85. The quantitative estimate of drug-likeness (QED) is 0.0827. The van der Waals surface area contributed by atoms with Crippen molar-refractivity contribution in [2.75, 3.05) is 32.1 Å². The van der Waals surface area contributed by atoms with Gasteiger partial charge < -0.3 is 24.8 Å². The number of hydrogen-bond donors (Lipinski definition) is 2. The highest BCUT2D eigenvalue weighted by atomic mass is 35.5. The molecule has 1 aromatic heterocycles. The maximum atomic E-state index is 13.7. The molecule has 1 fully saturated rings. The smallest absolute Gasteiger partial charge is 0.237 e. The molecule has 0 radical (unpaired) electrons. The van der Waals surface area contributed by atoms with Gasteiger partial charge in [0.2, 0.25) is 5.91 Å². The summed E-state index contributed by atoms with van der Waals surface area (Å²) in [4.78, 5) is 24.6. The first-order valence-electron chi connectivity index (χ1n) is 20.8. The van der Waals surface area contributed by atoms with E-state index in [1.165, 1.54) is 46.3 Å². The number of benzene rings is 5. The number of nitrogens with zero attached hydrogens (tertiary/aromatic N) is 3. The van der Waals surface area contributed by atoms with Crippen LogP contribution in [0.25, 0.3) is 22.0 Å². The summed E-state index contributed by atoms with van der Waals surface area (Å²) >= 11 is 5.99. The van der Waals surface area contributed by atoms with E-state index in [2.05, 4.69) is 100 Å². The summed E-state index contributed by atoms with van der Waals surface area (Å²) < 4.78 is 31.8. The molecule has 1 aliphatic heterocycles. The lowest BCUT2D eigenvalue weighted by Gasteiger charge is -2.34. The number of anilines is 2. The van der Waals surface area contributed by atoms with Gasteiger partial charge in [-0.15, -0.1) is 0 Å². The number of unbranched alkanes of at least 4 members (excludes halogenated alkanes) is 3. The van der Waals surface area contributed by atoms with Gasteiger partial charge in [-0.05, 0) is 110 Å². The second kappa shape index (κ2) is 20.5. The van der Waals surface area contributed by atoms with E-state index in [9.17, 15) is 9.18 Å². The Morgan fingerprint density at radius 3 is 2.53 bits per heavy atom. The van der Waals surface area contributed by atoms with Crippen LogP contribution in [0, 0.1) is 19.7 Å². The maximum absolute atomic E-state index is 13.7. The SMILES string of the molecule is COc1cc2ncnc(Nc3ccc(F)c(Cl)c3)c2cc1OCCCCCCNC(=O)C1CCCCN1Cc1ccc(OCc2cccc(-c3ccccc3)c2C)c(C)c1. The molecule has 1 amide bonds. The number of nitrogens with one attached hydrogen (secondary N) is 2. The molecule has 7 rings (SSSR count). The first-order valence-corrected chi connectivity index (χ1v) is 21.2. The van der Waals surface area contributed by atoms with Crippen LogP contribution in [0.2, 0.25) is 5.02 Å². The van der Waals surface area contributed by atoms with E-state index in [1.807, 2.05) is 18.2 Å². The van der Waals surface area contributed by atoms with Gasteiger partial charge in [-0.3, -0.25) is 9.69 Å². The number of amides is 1. The average Bonchev–Trinajstić information content (AvgIpc) is 3.26. The maximum Gasteiger partial charge on any atom is 0.237 e. The second-order valence-corrected chi connectivity index (χ2v) is 15.8. The van der Waals surface area contributed by atoms with Gasteiger partial charge in [0.15, 0.2) is 11.5 Å². The Bertz CT molecular complexity index is 2400. The Morgan fingerprint density at radius 1 is 0.867 bits per heavy atom. The van der Waals surface area contributed by atoms with Crippen molar-refractivity contribution in [2.45, 2.75) is 78.0 Å². The second-order valence-electron chi connectivity index (χ2n) is 15.4. The zero-order chi connectivity index (χ0) is 41.8. The van der Waals surface area contributed by atoms with Gasteiger partial charge in [-0.1, -0.05) is 91.5 Å². The first kappa shape index (κ1) is 42.4. The number of rotatable bonds is 18. The summed E-state index contributed by atoms with van der Waals surface area (Å²) in [5, 5.41) is 7.17. The fraction of sp³-hybridized carbons (Fsp3) is 0.327. The third-order valence-corrected chi connectivity index (χ3v) is 11.5. The van der Waals surface area contributed by atoms with Crippen LogP contribution in [-0.4, -0.2) is 53.6 Å². The van der Waals surface area contributed by atoms with E-state index in [0.29, 0.717) is 48.3 Å². The van der Waals surface area contributed by atoms with Crippen LogP contribution in [0.3, 0.4) is 0 Å². The van der Waals surface area contributed by atoms with E-state index >= 15 is 0 Å². The van der Waals surface area contributed by atoms with Crippen LogP contribution >= 0.6 is 11.6 Å². The third kappa shape index (κ3) is 10.7. The molecule has 0 spiro atoms. The van der Waals surface area contributed by atoms with Crippen molar-refractivity contribution >= 4 is 39.9 Å². The van der Waals surface area contributed by atoms with Crippen LogP contribution in [0.4, 0.5) is 15.9 Å². The Morgan fingerprint density at radius 2 is 1.72 bits per heavy atom. The monoisotopic (exact) mass is 829 g/mol. The molecule has 1 saturated heterocycles. The highest BCUT2D eigenvalue weighted by Gasteiger charge is 2.28. The summed E-state index contributed by atoms with van der Waals surface area (Å²) in [6, 6.07) is 31.2. The van der Waals surface area contributed by atoms with Gasteiger partial charge >= 0.3 is 0 Å². The molecule has 11 heteroatoms. The molecule has 1 aliphatic rings. The lowest BCUT2D eigenvalue weighted by atomic mass is 9.97. The Hall–Kier alpha value is -5.71. The lowest BCUT2D eigenvalue weighted by molar-refractivity contribution is -0.127. The minimum absolute atomic E-state index is 0.0189. The molecule has 60 heavy (non-hydrogen) atoms. The van der Waals surface area contributed by atoms with Gasteiger partial charge in [0, 0.05) is 30.2 Å². The van der Waals surface area contributed by atoms with Crippen molar-refractivity contribution < 1.29 is 23.4 Å². The van der Waals surface area contributed by atoms with Crippen LogP contribution in [0.1, 0.15) is 67.2 Å². The fourth-order valence-corrected chi connectivity index (χ4v) is 8.03. The van der Waals surface area contributed by atoms with Crippen molar-refractivity contribution in [3.63, 3.8) is 0 Å². The van der Waals surface area contributed by atoms with Crippen molar-refractivity contribution in [2.24, 2.45) is 0 Å². The molecule has 2 heterocycles. The molecule has 0 bridgehead atoms. The molecule has 0 aliphatic carbocycles. The normalized spacial score (nSPS) is 14.2. The Kier molecular flexibility index (Phi) is 14.5. The number of halogens is 2. The topological polar surface area (TPSA) is 97.8 Å². The number of aromatic nitrogens is 2. The number of carbonyl (C=O) groups is 1. The Labute approximate surface area is 357 Å². The number of hydrogen-bond acceptors (Lipinski definition) is 8. The summed E-state index contributed by atoms with van der Waals surface area (Å²) in [5.74, 6) is 2.20. The van der Waals surface area contributed by atoms with E-state index in [1.54, 1.807) is 13.2 Å². The molecule has 1 unspecified atom stereocenters. The number of methoxy groups -OCH3 is 1. The van der Waals surface area contributed by atoms with Crippen molar-refractivity contribution in [3.05, 3.63) is 136 Å². The summed E-state index contributed by atoms with van der Waals surface area (Å²) in [5.41, 5.74) is 8.39. The van der Waals surface area contributed by atoms with Crippen molar-refractivity contribution in [1.82, 2.24) is 20.2 Å². The van der Waals surface area contributed by atoms with E-state index < -0.39 is 5.82 Å². The number of piperidine rings is 1. The van der Waals surface area contributed by atoms with Gasteiger partial charge in [0.1, 0.15) is 30.3 Å². The van der Waals surface area contributed by atoms with Gasteiger partial charge in [-0.2, -0.15) is 0 Å². The minimum atomic E-state index is -0.491. The van der Waals surface area contributed by atoms with E-state index in [0.717, 1.165) is 74.7 Å². The van der Waals surface area contributed by atoms with Gasteiger partial charge in [-0.25, -0.2) is 14.4 Å².